The highest BCUT2D eigenvalue weighted by Crippen LogP contribution is 2.30. The van der Waals surface area contributed by atoms with Gasteiger partial charge in [0.1, 0.15) is 0 Å². The van der Waals surface area contributed by atoms with Gasteiger partial charge in [0.2, 0.25) is 0 Å². The molecule has 0 saturated carbocycles. The molecule has 0 aliphatic heterocycles. The summed E-state index contributed by atoms with van der Waals surface area (Å²) in [6, 6.07) is 4.08. The zero-order chi connectivity index (χ0) is 7.84. The minimum Gasteiger partial charge on any atom is -0.255 e. The summed E-state index contributed by atoms with van der Waals surface area (Å²) in [6.45, 7) is 2.10. The van der Waals surface area contributed by atoms with Crippen LogP contribution in [-0.2, 0) is 0 Å². The molecule has 3 heteroatoms. The van der Waals surface area contributed by atoms with Gasteiger partial charge in [0.25, 0.3) is 0 Å². The van der Waals surface area contributed by atoms with Crippen LogP contribution in [0.1, 0.15) is 5.56 Å². The molecule has 2 aromatic rings. The first-order valence-corrected chi connectivity index (χ1v) is 4.89. The lowest BCUT2D eigenvalue weighted by molar-refractivity contribution is 1.39. The van der Waals surface area contributed by atoms with E-state index in [-0.39, 0.29) is 0 Å². The van der Waals surface area contributed by atoms with Crippen LogP contribution in [0.4, 0.5) is 0 Å². The Kier molecular flexibility index (Phi) is 1.69. The Morgan fingerprint density at radius 3 is 3.09 bits per heavy atom. The Labute approximate surface area is 77.2 Å². The molecule has 0 radical (unpaired) electrons. The van der Waals surface area contributed by atoms with Crippen LogP contribution in [0.25, 0.3) is 10.2 Å². The summed E-state index contributed by atoms with van der Waals surface area (Å²) >= 11 is 5.17. The Hall–Kier alpha value is -0.410. The molecule has 2 aromatic heterocycles. The molecule has 0 unspecified atom stereocenters. The molecule has 0 N–H and O–H groups in total. The van der Waals surface area contributed by atoms with Crippen molar-refractivity contribution in [2.75, 3.05) is 0 Å². The fraction of sp³-hybridized carbons (Fsp3) is 0.125. The molecule has 2 rings (SSSR count). The Bertz CT molecular complexity index is 394. The number of pyridine rings is 1. The highest BCUT2D eigenvalue weighted by Gasteiger charge is 2.01. The van der Waals surface area contributed by atoms with E-state index in [1.165, 1.54) is 10.3 Å². The van der Waals surface area contributed by atoms with Crippen LogP contribution in [0.2, 0.25) is 0 Å². The van der Waals surface area contributed by atoms with E-state index in [0.29, 0.717) is 0 Å². The van der Waals surface area contributed by atoms with E-state index in [0.717, 1.165) is 9.30 Å². The predicted octanol–water partition coefficient (Wildman–Crippen LogP) is 3.37. The molecule has 0 spiro atoms. The number of hydrogen-bond acceptors (Lipinski definition) is 2. The SMILES string of the molecule is Cc1ccnc2cc(Br)sc12. The molecule has 0 aliphatic rings. The molecular weight excluding hydrogens is 222 g/mol. The third-order valence-electron chi connectivity index (χ3n) is 1.58. The Morgan fingerprint density at radius 2 is 2.36 bits per heavy atom. The van der Waals surface area contributed by atoms with Gasteiger partial charge in [-0.2, -0.15) is 0 Å². The second-order valence-electron chi connectivity index (χ2n) is 2.39. The first-order valence-electron chi connectivity index (χ1n) is 3.28. The van der Waals surface area contributed by atoms with E-state index in [4.69, 9.17) is 0 Å². The van der Waals surface area contributed by atoms with E-state index in [2.05, 4.69) is 27.8 Å². The van der Waals surface area contributed by atoms with Gasteiger partial charge in [0, 0.05) is 6.20 Å². The zero-order valence-electron chi connectivity index (χ0n) is 5.97. The van der Waals surface area contributed by atoms with Gasteiger partial charge in [0.15, 0.2) is 0 Å². The van der Waals surface area contributed by atoms with Crippen LogP contribution < -0.4 is 0 Å². The van der Waals surface area contributed by atoms with Crippen molar-refractivity contribution in [1.82, 2.24) is 4.98 Å². The lowest BCUT2D eigenvalue weighted by Crippen LogP contribution is -1.73. The molecule has 0 saturated heterocycles. The molecule has 56 valence electrons. The van der Waals surface area contributed by atoms with Gasteiger partial charge in [-0.1, -0.05) is 0 Å². The van der Waals surface area contributed by atoms with Gasteiger partial charge in [-0.05, 0) is 40.5 Å². The third-order valence-corrected chi connectivity index (χ3v) is 3.34. The molecular formula is C8H6BrNS. The average Bonchev–Trinajstić information content (AvgIpc) is 2.31. The summed E-state index contributed by atoms with van der Waals surface area (Å²) in [5, 5.41) is 0. The summed E-state index contributed by atoms with van der Waals surface area (Å²) in [6.07, 6.45) is 1.84. The summed E-state index contributed by atoms with van der Waals surface area (Å²) in [4.78, 5) is 4.24. The van der Waals surface area contributed by atoms with Gasteiger partial charge >= 0.3 is 0 Å². The normalized spacial score (nSPS) is 10.7. The zero-order valence-corrected chi connectivity index (χ0v) is 8.37. The standard InChI is InChI=1S/C8H6BrNS/c1-5-2-3-10-6-4-7(9)11-8(5)6/h2-4H,1H3. The van der Waals surface area contributed by atoms with Crippen LogP contribution in [0, 0.1) is 6.92 Å². The smallest absolute Gasteiger partial charge is 0.0824 e. The second kappa shape index (κ2) is 2.57. The molecule has 0 aliphatic carbocycles. The number of thiophene rings is 1. The molecule has 0 atom stereocenters. The summed E-state index contributed by atoms with van der Waals surface area (Å²) in [7, 11) is 0. The van der Waals surface area contributed by atoms with Gasteiger partial charge in [0.05, 0.1) is 14.0 Å². The topological polar surface area (TPSA) is 12.9 Å². The van der Waals surface area contributed by atoms with Gasteiger partial charge in [-0.15, -0.1) is 11.3 Å². The minimum absolute atomic E-state index is 1.09. The van der Waals surface area contributed by atoms with Crippen molar-refractivity contribution < 1.29 is 0 Å². The lowest BCUT2D eigenvalue weighted by atomic mass is 10.3. The number of hydrogen-bond donors (Lipinski definition) is 0. The molecule has 0 fully saturated rings. The van der Waals surface area contributed by atoms with Crippen molar-refractivity contribution in [3.05, 3.63) is 27.7 Å². The highest BCUT2D eigenvalue weighted by molar-refractivity contribution is 9.11. The monoisotopic (exact) mass is 227 g/mol. The summed E-state index contributed by atoms with van der Waals surface area (Å²) in [5.41, 5.74) is 2.38. The number of aryl methyl sites for hydroxylation is 1. The van der Waals surface area contributed by atoms with E-state index in [1.807, 2.05) is 18.3 Å². The van der Waals surface area contributed by atoms with Crippen molar-refractivity contribution in [2.24, 2.45) is 0 Å². The number of nitrogens with zero attached hydrogens (tertiary/aromatic N) is 1. The van der Waals surface area contributed by atoms with Crippen molar-refractivity contribution in [1.29, 1.82) is 0 Å². The third kappa shape index (κ3) is 1.19. The van der Waals surface area contributed by atoms with Gasteiger partial charge in [-0.3, -0.25) is 4.98 Å². The van der Waals surface area contributed by atoms with Crippen LogP contribution in [0.3, 0.4) is 0 Å². The number of fused-ring (bicyclic) bond motifs is 1. The first-order chi connectivity index (χ1) is 5.27. The maximum atomic E-state index is 4.24. The lowest BCUT2D eigenvalue weighted by Gasteiger charge is -1.90. The van der Waals surface area contributed by atoms with Crippen molar-refractivity contribution in [3.8, 4) is 0 Å². The molecule has 2 heterocycles. The van der Waals surface area contributed by atoms with Crippen LogP contribution in [-0.4, -0.2) is 4.98 Å². The van der Waals surface area contributed by atoms with E-state index in [1.54, 1.807) is 11.3 Å². The second-order valence-corrected chi connectivity index (χ2v) is 4.82. The van der Waals surface area contributed by atoms with Crippen molar-refractivity contribution in [3.63, 3.8) is 0 Å². The molecule has 0 bridgehead atoms. The number of rotatable bonds is 0. The molecule has 11 heavy (non-hydrogen) atoms. The molecule has 0 aromatic carbocycles. The molecule has 1 nitrogen and oxygen atoms in total. The summed E-state index contributed by atoms with van der Waals surface area (Å²) in [5.74, 6) is 0. The first kappa shape index (κ1) is 7.25. The highest BCUT2D eigenvalue weighted by atomic mass is 79.9. The quantitative estimate of drug-likeness (QED) is 0.673. The van der Waals surface area contributed by atoms with E-state index < -0.39 is 0 Å². The Balaban J connectivity index is 2.90. The fourth-order valence-electron chi connectivity index (χ4n) is 1.04. The van der Waals surface area contributed by atoms with Crippen LogP contribution in [0.15, 0.2) is 22.1 Å². The van der Waals surface area contributed by atoms with E-state index in [9.17, 15) is 0 Å². The molecule has 0 amide bonds. The van der Waals surface area contributed by atoms with Crippen molar-refractivity contribution in [2.45, 2.75) is 6.92 Å². The van der Waals surface area contributed by atoms with E-state index >= 15 is 0 Å². The predicted molar refractivity (Wildman–Crippen MR) is 52.1 cm³/mol. The van der Waals surface area contributed by atoms with Gasteiger partial charge in [-0.25, -0.2) is 0 Å². The van der Waals surface area contributed by atoms with Crippen LogP contribution >= 0.6 is 27.3 Å². The minimum atomic E-state index is 1.09. The Morgan fingerprint density at radius 1 is 1.55 bits per heavy atom. The van der Waals surface area contributed by atoms with Crippen molar-refractivity contribution >= 4 is 37.5 Å². The fourth-order valence-corrected chi connectivity index (χ4v) is 2.55. The number of halogens is 1. The summed E-state index contributed by atoms with van der Waals surface area (Å²) < 4.78 is 2.42. The maximum Gasteiger partial charge on any atom is 0.0824 e. The van der Waals surface area contributed by atoms with Gasteiger partial charge < -0.3 is 0 Å². The average molecular weight is 228 g/mol. The van der Waals surface area contributed by atoms with Crippen LogP contribution in [0.5, 0.6) is 0 Å². The maximum absolute atomic E-state index is 4.24. The number of aromatic nitrogens is 1. The largest absolute Gasteiger partial charge is 0.255 e.